The first kappa shape index (κ1) is 29.0. The molecule has 0 atom stereocenters. The van der Waals surface area contributed by atoms with Crippen LogP contribution < -0.4 is 16.0 Å². The molecule has 1 fully saturated rings. The van der Waals surface area contributed by atoms with E-state index >= 15 is 0 Å². The molecule has 11 heteroatoms. The van der Waals surface area contributed by atoms with E-state index in [9.17, 15) is 22.8 Å². The van der Waals surface area contributed by atoms with Crippen molar-refractivity contribution in [2.24, 2.45) is 0 Å². The lowest BCUT2D eigenvalue weighted by Gasteiger charge is -2.32. The summed E-state index contributed by atoms with van der Waals surface area (Å²) in [6.07, 6.45) is -3.04. The SMILES string of the molecule is CNC(=O)c1cc(NCc2cc(NC(=O)c3cc(CN4CCN(C)CC4)cc(C(F)(F)F)c3)ccc2C)ccn1. The van der Waals surface area contributed by atoms with E-state index in [0.717, 1.165) is 49.4 Å². The lowest BCUT2D eigenvalue weighted by molar-refractivity contribution is -0.137. The van der Waals surface area contributed by atoms with Gasteiger partial charge in [-0.15, -0.1) is 0 Å². The van der Waals surface area contributed by atoms with Crippen molar-refractivity contribution in [2.75, 3.05) is 50.9 Å². The largest absolute Gasteiger partial charge is 0.416 e. The fourth-order valence-corrected chi connectivity index (χ4v) is 4.48. The van der Waals surface area contributed by atoms with Gasteiger partial charge in [-0.3, -0.25) is 19.5 Å². The smallest absolute Gasteiger partial charge is 0.381 e. The van der Waals surface area contributed by atoms with Crippen LogP contribution in [0.1, 0.15) is 43.1 Å². The number of hydrogen-bond donors (Lipinski definition) is 3. The quantitative estimate of drug-likeness (QED) is 0.383. The summed E-state index contributed by atoms with van der Waals surface area (Å²) >= 11 is 0. The molecule has 3 N–H and O–H groups in total. The lowest BCUT2D eigenvalue weighted by atomic mass is 10.0. The van der Waals surface area contributed by atoms with Crippen molar-refractivity contribution in [2.45, 2.75) is 26.2 Å². The number of piperazine rings is 1. The molecule has 2 amide bonds. The zero-order chi connectivity index (χ0) is 28.9. The van der Waals surface area contributed by atoms with Gasteiger partial charge in [-0.1, -0.05) is 6.07 Å². The Morgan fingerprint density at radius 3 is 2.40 bits per heavy atom. The Bertz CT molecular complexity index is 1370. The van der Waals surface area contributed by atoms with Crippen LogP contribution in [0, 0.1) is 6.92 Å². The van der Waals surface area contributed by atoms with E-state index in [2.05, 4.69) is 30.7 Å². The molecule has 3 aromatic rings. The van der Waals surface area contributed by atoms with Gasteiger partial charge in [-0.25, -0.2) is 0 Å². The molecule has 1 aromatic heterocycles. The van der Waals surface area contributed by atoms with Gasteiger partial charge in [-0.05, 0) is 73.1 Å². The molecule has 4 rings (SSSR count). The molecule has 0 bridgehead atoms. The summed E-state index contributed by atoms with van der Waals surface area (Å²) in [5, 5.41) is 8.53. The Balaban J connectivity index is 1.49. The zero-order valence-corrected chi connectivity index (χ0v) is 22.7. The predicted octanol–water partition coefficient (Wildman–Crippen LogP) is 4.38. The number of pyridine rings is 1. The van der Waals surface area contributed by atoms with E-state index in [0.29, 0.717) is 30.0 Å². The number of carbonyl (C=O) groups excluding carboxylic acids is 2. The highest BCUT2D eigenvalue weighted by Crippen LogP contribution is 2.31. The third-order valence-corrected chi connectivity index (χ3v) is 6.89. The molecule has 0 aliphatic carbocycles. The minimum Gasteiger partial charge on any atom is -0.381 e. The fraction of sp³-hybridized carbons (Fsp3) is 0.345. The summed E-state index contributed by atoms with van der Waals surface area (Å²) in [5.74, 6) is -0.913. The molecule has 212 valence electrons. The Hall–Kier alpha value is -3.96. The first-order valence-corrected chi connectivity index (χ1v) is 13.0. The van der Waals surface area contributed by atoms with Gasteiger partial charge in [0.25, 0.3) is 11.8 Å². The first-order valence-electron chi connectivity index (χ1n) is 13.0. The maximum Gasteiger partial charge on any atom is 0.416 e. The number of amides is 2. The molecule has 0 radical (unpaired) electrons. The molecule has 0 unspecified atom stereocenters. The number of likely N-dealkylation sites (N-methyl/N-ethyl adjacent to an activating group) is 1. The van der Waals surface area contributed by atoms with Gasteiger partial charge >= 0.3 is 6.18 Å². The monoisotopic (exact) mass is 554 g/mol. The molecular formula is C29H33F3N6O2. The van der Waals surface area contributed by atoms with Crippen molar-refractivity contribution in [3.05, 3.63) is 88.2 Å². The van der Waals surface area contributed by atoms with Crippen LogP contribution in [-0.4, -0.2) is 66.9 Å². The van der Waals surface area contributed by atoms with Gasteiger partial charge in [0.05, 0.1) is 5.56 Å². The second kappa shape index (κ2) is 12.5. The highest BCUT2D eigenvalue weighted by atomic mass is 19.4. The lowest BCUT2D eigenvalue weighted by Crippen LogP contribution is -2.43. The number of hydrogen-bond acceptors (Lipinski definition) is 6. The number of nitrogens with one attached hydrogen (secondary N) is 3. The van der Waals surface area contributed by atoms with E-state index in [1.165, 1.54) is 19.3 Å². The molecule has 1 saturated heterocycles. The summed E-state index contributed by atoms with van der Waals surface area (Å²) in [6.45, 7) is 5.84. The maximum atomic E-state index is 13.7. The van der Waals surface area contributed by atoms with Crippen LogP contribution in [-0.2, 0) is 19.3 Å². The molecule has 1 aliphatic rings. The number of aromatic nitrogens is 1. The van der Waals surface area contributed by atoms with E-state index in [1.807, 2.05) is 20.0 Å². The Morgan fingerprint density at radius 1 is 0.950 bits per heavy atom. The van der Waals surface area contributed by atoms with Gasteiger partial charge in [0.2, 0.25) is 0 Å². The molecule has 0 saturated carbocycles. The molecule has 2 heterocycles. The fourth-order valence-electron chi connectivity index (χ4n) is 4.48. The molecule has 8 nitrogen and oxygen atoms in total. The van der Waals surface area contributed by atoms with Crippen molar-refractivity contribution >= 4 is 23.2 Å². The predicted molar refractivity (Wildman–Crippen MR) is 148 cm³/mol. The highest BCUT2D eigenvalue weighted by Gasteiger charge is 2.32. The average molecular weight is 555 g/mol. The van der Waals surface area contributed by atoms with E-state index < -0.39 is 17.6 Å². The maximum absolute atomic E-state index is 13.7. The minimum atomic E-state index is -4.57. The Labute approximate surface area is 231 Å². The van der Waals surface area contributed by atoms with Gasteiger partial charge < -0.3 is 20.9 Å². The van der Waals surface area contributed by atoms with Crippen LogP contribution >= 0.6 is 0 Å². The van der Waals surface area contributed by atoms with Gasteiger partial charge in [0.15, 0.2) is 0 Å². The van der Waals surface area contributed by atoms with E-state index in [1.54, 1.807) is 24.3 Å². The molecule has 40 heavy (non-hydrogen) atoms. The number of halogens is 3. The van der Waals surface area contributed by atoms with Crippen molar-refractivity contribution in [3.63, 3.8) is 0 Å². The molecule has 2 aromatic carbocycles. The van der Waals surface area contributed by atoms with Crippen LogP contribution in [0.2, 0.25) is 0 Å². The van der Waals surface area contributed by atoms with Crippen molar-refractivity contribution in [1.29, 1.82) is 0 Å². The summed E-state index contributed by atoms with van der Waals surface area (Å²) < 4.78 is 41.1. The molecule has 1 aliphatic heterocycles. The van der Waals surface area contributed by atoms with E-state index in [-0.39, 0.29) is 17.2 Å². The summed E-state index contributed by atoms with van der Waals surface area (Å²) in [7, 11) is 3.54. The number of rotatable bonds is 8. The molecular weight excluding hydrogens is 521 g/mol. The number of benzene rings is 2. The number of aryl methyl sites for hydroxylation is 1. The molecule has 0 spiro atoms. The number of alkyl halides is 3. The number of anilines is 2. The normalized spacial score (nSPS) is 14.6. The minimum absolute atomic E-state index is 0.0438. The second-order valence-corrected chi connectivity index (χ2v) is 9.95. The second-order valence-electron chi connectivity index (χ2n) is 9.95. The Kier molecular flexibility index (Phi) is 9.06. The first-order chi connectivity index (χ1) is 19.0. The Morgan fingerprint density at radius 2 is 1.70 bits per heavy atom. The number of nitrogens with zero attached hydrogens (tertiary/aromatic N) is 3. The average Bonchev–Trinajstić information content (AvgIpc) is 2.93. The number of carbonyl (C=O) groups is 2. The van der Waals surface area contributed by atoms with Crippen LogP contribution in [0.5, 0.6) is 0 Å². The van der Waals surface area contributed by atoms with E-state index in [4.69, 9.17) is 0 Å². The van der Waals surface area contributed by atoms with Gasteiger partial charge in [0.1, 0.15) is 5.69 Å². The van der Waals surface area contributed by atoms with Crippen molar-refractivity contribution in [3.8, 4) is 0 Å². The highest BCUT2D eigenvalue weighted by molar-refractivity contribution is 6.04. The van der Waals surface area contributed by atoms with Gasteiger partial charge in [-0.2, -0.15) is 13.2 Å². The summed E-state index contributed by atoms with van der Waals surface area (Å²) in [6, 6.07) is 12.2. The summed E-state index contributed by atoms with van der Waals surface area (Å²) in [5.41, 5.74) is 2.83. The third kappa shape index (κ3) is 7.57. The third-order valence-electron chi connectivity index (χ3n) is 6.89. The van der Waals surface area contributed by atoms with Crippen LogP contribution in [0.3, 0.4) is 0 Å². The standard InChI is InChI=1S/C29H33F3N6O2/c1-19-4-5-25(15-22(19)17-35-24-6-7-34-26(16-24)28(40)33-2)36-27(39)21-12-20(13-23(14-21)29(30,31)32)18-38-10-8-37(3)9-11-38/h4-7,12-16H,8-11,17-18H2,1-3H3,(H,33,40)(H,34,35)(H,36,39). The van der Waals surface area contributed by atoms with Crippen molar-refractivity contribution < 1.29 is 22.8 Å². The van der Waals surface area contributed by atoms with Crippen LogP contribution in [0.4, 0.5) is 24.5 Å². The van der Waals surface area contributed by atoms with Crippen LogP contribution in [0.25, 0.3) is 0 Å². The summed E-state index contributed by atoms with van der Waals surface area (Å²) in [4.78, 5) is 33.3. The zero-order valence-electron chi connectivity index (χ0n) is 22.7. The topological polar surface area (TPSA) is 89.6 Å². The van der Waals surface area contributed by atoms with Crippen LogP contribution in [0.15, 0.2) is 54.7 Å². The van der Waals surface area contributed by atoms with Gasteiger partial charge in [0, 0.05) is 69.5 Å². The van der Waals surface area contributed by atoms with Crippen molar-refractivity contribution in [1.82, 2.24) is 20.1 Å².